The van der Waals surface area contributed by atoms with Gasteiger partial charge in [0.2, 0.25) is 0 Å². The third-order valence-corrected chi connectivity index (χ3v) is 12.1. The van der Waals surface area contributed by atoms with Gasteiger partial charge in [-0.2, -0.15) is 0 Å². The summed E-state index contributed by atoms with van der Waals surface area (Å²) < 4.78 is 2.67. The molecular weight excluding hydrogens is 635 g/mol. The monoisotopic (exact) mass is 669 g/mol. The van der Waals surface area contributed by atoms with Crippen LogP contribution < -0.4 is 4.90 Å². The molecule has 1 aromatic heterocycles. The summed E-state index contributed by atoms with van der Waals surface area (Å²) in [5.41, 5.74) is 13.7. The first-order chi connectivity index (χ1) is 25.0. The lowest BCUT2D eigenvalue weighted by Crippen LogP contribution is -2.16. The Bertz CT molecular complexity index is 2760. The minimum absolute atomic E-state index is 0.0958. The average Bonchev–Trinajstić information content (AvgIpc) is 3.67. The standard InChI is InChI=1S/C49H35NS/c1-49(2)45-19-11-9-17-38(45)39-27-25-37(30-46(39)49)50(35-23-21-33(22-24-35)32-13-5-3-6-14-32)36-26-28-41-43(29-36)42(34-15-7-4-8-16-34)31-44-40-18-10-12-20-47(40)51-48(41)44/h3-31H,1-2H3. The van der Waals surface area contributed by atoms with E-state index in [1.807, 2.05) is 11.3 Å². The van der Waals surface area contributed by atoms with Crippen molar-refractivity contribution in [3.8, 4) is 33.4 Å². The minimum atomic E-state index is -0.0958. The Morgan fingerprint density at radius 1 is 0.392 bits per heavy atom. The molecule has 9 aromatic rings. The molecule has 0 fully saturated rings. The first-order valence-corrected chi connectivity index (χ1v) is 18.5. The molecule has 0 atom stereocenters. The lowest BCUT2D eigenvalue weighted by atomic mass is 9.82. The Balaban J connectivity index is 1.21. The molecule has 0 saturated heterocycles. The summed E-state index contributed by atoms with van der Waals surface area (Å²) in [6.45, 7) is 4.72. The van der Waals surface area contributed by atoms with Gasteiger partial charge in [-0.1, -0.05) is 141 Å². The maximum atomic E-state index is 2.44. The number of benzene rings is 8. The highest BCUT2D eigenvalue weighted by molar-refractivity contribution is 7.26. The minimum Gasteiger partial charge on any atom is -0.310 e. The first kappa shape index (κ1) is 29.9. The normalized spacial score (nSPS) is 13.1. The topological polar surface area (TPSA) is 3.24 Å². The second kappa shape index (κ2) is 11.6. The van der Waals surface area contributed by atoms with Crippen molar-refractivity contribution < 1.29 is 0 Å². The van der Waals surface area contributed by atoms with Crippen LogP contribution >= 0.6 is 11.3 Å². The van der Waals surface area contributed by atoms with Crippen molar-refractivity contribution in [3.05, 3.63) is 187 Å². The summed E-state index contributed by atoms with van der Waals surface area (Å²) in [6, 6.07) is 64.8. The molecule has 1 heterocycles. The maximum absolute atomic E-state index is 2.44. The SMILES string of the molecule is CC1(C)c2ccccc2-c2ccc(N(c3ccc(-c4ccccc4)cc3)c3ccc4c(c3)c(-c3ccccc3)cc3c5ccccc5sc43)cc21. The Labute approximate surface area is 302 Å². The molecule has 0 spiro atoms. The summed E-state index contributed by atoms with van der Waals surface area (Å²) >= 11 is 1.90. The van der Waals surface area contributed by atoms with Gasteiger partial charge in [0.25, 0.3) is 0 Å². The molecule has 0 saturated carbocycles. The van der Waals surface area contributed by atoms with E-state index in [2.05, 4.69) is 195 Å². The van der Waals surface area contributed by atoms with E-state index < -0.39 is 0 Å². The Hall–Kier alpha value is -5.96. The molecular formula is C49H35NS. The van der Waals surface area contributed by atoms with Crippen molar-refractivity contribution in [2.45, 2.75) is 19.3 Å². The van der Waals surface area contributed by atoms with Gasteiger partial charge in [0.05, 0.1) is 0 Å². The molecule has 242 valence electrons. The van der Waals surface area contributed by atoms with Crippen LogP contribution in [-0.4, -0.2) is 0 Å². The van der Waals surface area contributed by atoms with E-state index in [9.17, 15) is 0 Å². The van der Waals surface area contributed by atoms with Crippen molar-refractivity contribution in [2.24, 2.45) is 0 Å². The van der Waals surface area contributed by atoms with Gasteiger partial charge in [-0.3, -0.25) is 0 Å². The van der Waals surface area contributed by atoms with Crippen LogP contribution in [0.1, 0.15) is 25.0 Å². The van der Waals surface area contributed by atoms with Gasteiger partial charge in [0.15, 0.2) is 0 Å². The Kier molecular flexibility index (Phi) is 6.78. The summed E-state index contributed by atoms with van der Waals surface area (Å²) in [5, 5.41) is 5.20. The van der Waals surface area contributed by atoms with Gasteiger partial charge in [0.1, 0.15) is 0 Å². The van der Waals surface area contributed by atoms with E-state index in [0.29, 0.717) is 0 Å². The van der Waals surface area contributed by atoms with Crippen LogP contribution in [0.5, 0.6) is 0 Å². The average molecular weight is 670 g/mol. The van der Waals surface area contributed by atoms with E-state index in [0.717, 1.165) is 17.1 Å². The van der Waals surface area contributed by atoms with Crippen molar-refractivity contribution in [2.75, 3.05) is 4.90 Å². The molecule has 0 bridgehead atoms. The molecule has 1 nitrogen and oxygen atoms in total. The van der Waals surface area contributed by atoms with Gasteiger partial charge < -0.3 is 4.90 Å². The number of hydrogen-bond acceptors (Lipinski definition) is 2. The van der Waals surface area contributed by atoms with E-state index in [-0.39, 0.29) is 5.41 Å². The summed E-state index contributed by atoms with van der Waals surface area (Å²) in [7, 11) is 0. The lowest BCUT2D eigenvalue weighted by molar-refractivity contribution is 0.660. The largest absolute Gasteiger partial charge is 0.310 e. The molecule has 2 heteroatoms. The number of fused-ring (bicyclic) bond motifs is 8. The van der Waals surface area contributed by atoms with Crippen molar-refractivity contribution in [1.82, 2.24) is 0 Å². The van der Waals surface area contributed by atoms with Crippen LogP contribution in [0.3, 0.4) is 0 Å². The fraction of sp³-hybridized carbons (Fsp3) is 0.0612. The van der Waals surface area contributed by atoms with Gasteiger partial charge in [-0.15, -0.1) is 11.3 Å². The molecule has 51 heavy (non-hydrogen) atoms. The van der Waals surface area contributed by atoms with E-state index in [4.69, 9.17) is 0 Å². The quantitative estimate of drug-likeness (QED) is 0.176. The molecule has 10 rings (SSSR count). The number of hydrogen-bond donors (Lipinski definition) is 0. The smallest absolute Gasteiger partial charge is 0.0468 e. The van der Waals surface area contributed by atoms with Gasteiger partial charge in [0, 0.05) is 48.0 Å². The fourth-order valence-corrected chi connectivity index (χ4v) is 9.51. The molecule has 0 unspecified atom stereocenters. The predicted octanol–water partition coefficient (Wildman–Crippen LogP) is 14.3. The molecule has 0 radical (unpaired) electrons. The van der Waals surface area contributed by atoms with Crippen molar-refractivity contribution in [3.63, 3.8) is 0 Å². The lowest BCUT2D eigenvalue weighted by Gasteiger charge is -2.28. The van der Waals surface area contributed by atoms with Crippen LogP contribution in [-0.2, 0) is 5.41 Å². The van der Waals surface area contributed by atoms with E-state index in [1.165, 1.54) is 75.5 Å². The van der Waals surface area contributed by atoms with E-state index >= 15 is 0 Å². The molecule has 0 N–H and O–H groups in total. The molecule has 0 aliphatic heterocycles. The molecule has 1 aliphatic carbocycles. The molecule has 8 aromatic carbocycles. The van der Waals surface area contributed by atoms with Crippen LogP contribution in [0.25, 0.3) is 64.3 Å². The zero-order valence-corrected chi connectivity index (χ0v) is 29.4. The zero-order valence-electron chi connectivity index (χ0n) is 28.6. The summed E-state index contributed by atoms with van der Waals surface area (Å²) in [6.07, 6.45) is 0. The highest BCUT2D eigenvalue weighted by Crippen LogP contribution is 2.51. The van der Waals surface area contributed by atoms with Crippen LogP contribution in [0.4, 0.5) is 17.1 Å². The zero-order chi connectivity index (χ0) is 34.1. The highest BCUT2D eigenvalue weighted by atomic mass is 32.1. The summed E-state index contributed by atoms with van der Waals surface area (Å²) in [4.78, 5) is 2.44. The van der Waals surface area contributed by atoms with Gasteiger partial charge >= 0.3 is 0 Å². The van der Waals surface area contributed by atoms with Crippen LogP contribution in [0.15, 0.2) is 176 Å². The molecule has 0 amide bonds. The Morgan fingerprint density at radius 3 is 1.80 bits per heavy atom. The van der Waals surface area contributed by atoms with Crippen molar-refractivity contribution in [1.29, 1.82) is 0 Å². The second-order valence-corrected chi connectivity index (χ2v) is 15.2. The summed E-state index contributed by atoms with van der Waals surface area (Å²) in [5.74, 6) is 0. The highest BCUT2D eigenvalue weighted by Gasteiger charge is 2.35. The number of anilines is 3. The molecule has 1 aliphatic rings. The second-order valence-electron chi connectivity index (χ2n) is 14.1. The third-order valence-electron chi connectivity index (χ3n) is 10.9. The maximum Gasteiger partial charge on any atom is 0.0468 e. The predicted molar refractivity (Wildman–Crippen MR) is 220 cm³/mol. The third kappa shape index (κ3) is 4.75. The number of nitrogens with zero attached hydrogens (tertiary/aromatic N) is 1. The van der Waals surface area contributed by atoms with Crippen molar-refractivity contribution >= 4 is 59.3 Å². The van der Waals surface area contributed by atoms with Crippen LogP contribution in [0.2, 0.25) is 0 Å². The van der Waals surface area contributed by atoms with Crippen LogP contribution in [0, 0.1) is 0 Å². The fourth-order valence-electron chi connectivity index (χ4n) is 8.29. The van der Waals surface area contributed by atoms with E-state index in [1.54, 1.807) is 0 Å². The first-order valence-electron chi connectivity index (χ1n) is 17.7. The van der Waals surface area contributed by atoms with Gasteiger partial charge in [-0.05, 0) is 98.4 Å². The van der Waals surface area contributed by atoms with Gasteiger partial charge in [-0.25, -0.2) is 0 Å². The Morgan fingerprint density at radius 2 is 1.00 bits per heavy atom. The number of thiophene rings is 1. The number of rotatable bonds is 5.